The summed E-state index contributed by atoms with van der Waals surface area (Å²) >= 11 is 1.50. The summed E-state index contributed by atoms with van der Waals surface area (Å²) in [6.45, 7) is 3.31. The Balaban J connectivity index is 2.27. The molecule has 0 fully saturated rings. The highest BCUT2D eigenvalue weighted by Crippen LogP contribution is 2.16. The van der Waals surface area contributed by atoms with Gasteiger partial charge < -0.3 is 15.5 Å². The lowest BCUT2D eigenvalue weighted by atomic mass is 10.2. The maximum atomic E-state index is 10.5. The van der Waals surface area contributed by atoms with Gasteiger partial charge in [-0.15, -0.1) is 11.3 Å². The van der Waals surface area contributed by atoms with Crippen molar-refractivity contribution in [3.05, 3.63) is 21.9 Å². The topological polar surface area (TPSA) is 69.6 Å². The summed E-state index contributed by atoms with van der Waals surface area (Å²) in [4.78, 5) is 12.5. The first kappa shape index (κ1) is 14.2. The summed E-state index contributed by atoms with van der Waals surface area (Å²) in [6.07, 6.45) is 1.58. The monoisotopic (exact) mass is 257 g/mol. The van der Waals surface area contributed by atoms with E-state index < -0.39 is 5.97 Å². The van der Waals surface area contributed by atoms with Gasteiger partial charge >= 0.3 is 5.97 Å². The van der Waals surface area contributed by atoms with Crippen molar-refractivity contribution in [1.29, 1.82) is 0 Å². The van der Waals surface area contributed by atoms with Crippen molar-refractivity contribution in [2.24, 2.45) is 0 Å². The summed E-state index contributed by atoms with van der Waals surface area (Å²) in [6, 6.07) is 3.78. The SMILES string of the molecule is CCCC(O)CNCc1ccc(CC(=O)O)s1. The largest absolute Gasteiger partial charge is 0.481 e. The number of aliphatic hydroxyl groups is 1. The number of rotatable bonds is 8. The van der Waals surface area contributed by atoms with Crippen LogP contribution in [-0.4, -0.2) is 28.8 Å². The van der Waals surface area contributed by atoms with Gasteiger partial charge in [0.2, 0.25) is 0 Å². The molecule has 1 aromatic rings. The predicted octanol–water partition coefficient (Wildman–Crippen LogP) is 1.63. The molecule has 0 saturated heterocycles. The van der Waals surface area contributed by atoms with E-state index in [9.17, 15) is 9.90 Å². The van der Waals surface area contributed by atoms with Crippen molar-refractivity contribution >= 4 is 17.3 Å². The Morgan fingerprint density at radius 3 is 2.82 bits per heavy atom. The minimum atomic E-state index is -0.801. The molecular weight excluding hydrogens is 238 g/mol. The van der Waals surface area contributed by atoms with Gasteiger partial charge in [-0.05, 0) is 18.6 Å². The van der Waals surface area contributed by atoms with E-state index in [0.717, 1.165) is 22.6 Å². The summed E-state index contributed by atoms with van der Waals surface area (Å²) < 4.78 is 0. The van der Waals surface area contributed by atoms with Crippen LogP contribution in [0.2, 0.25) is 0 Å². The molecule has 1 atom stereocenters. The zero-order chi connectivity index (χ0) is 12.7. The lowest BCUT2D eigenvalue weighted by molar-refractivity contribution is -0.136. The van der Waals surface area contributed by atoms with Crippen LogP contribution in [0.5, 0.6) is 0 Å². The smallest absolute Gasteiger partial charge is 0.308 e. The number of carboxylic acid groups (broad SMARTS) is 1. The third-order valence-electron chi connectivity index (χ3n) is 2.34. The molecule has 17 heavy (non-hydrogen) atoms. The zero-order valence-corrected chi connectivity index (χ0v) is 10.8. The second kappa shape index (κ2) is 7.42. The van der Waals surface area contributed by atoms with Crippen LogP contribution in [0.25, 0.3) is 0 Å². The molecule has 5 heteroatoms. The third-order valence-corrected chi connectivity index (χ3v) is 3.43. The van der Waals surface area contributed by atoms with Crippen molar-refractivity contribution in [3.63, 3.8) is 0 Å². The highest BCUT2D eigenvalue weighted by Gasteiger charge is 2.05. The molecule has 1 heterocycles. The van der Waals surface area contributed by atoms with Crippen LogP contribution in [0.4, 0.5) is 0 Å². The second-order valence-electron chi connectivity index (χ2n) is 4.01. The molecule has 0 saturated carbocycles. The van der Waals surface area contributed by atoms with E-state index in [1.165, 1.54) is 11.3 Å². The van der Waals surface area contributed by atoms with E-state index in [2.05, 4.69) is 5.32 Å². The fourth-order valence-electron chi connectivity index (χ4n) is 1.56. The Bertz CT molecular complexity index is 351. The summed E-state index contributed by atoms with van der Waals surface area (Å²) in [5.41, 5.74) is 0. The molecule has 4 nitrogen and oxygen atoms in total. The predicted molar refractivity (Wildman–Crippen MR) is 68.3 cm³/mol. The third kappa shape index (κ3) is 5.81. The molecule has 0 aromatic carbocycles. The van der Waals surface area contributed by atoms with Crippen LogP contribution in [0.15, 0.2) is 12.1 Å². The number of carboxylic acids is 1. The van der Waals surface area contributed by atoms with Crippen molar-refractivity contribution < 1.29 is 15.0 Å². The van der Waals surface area contributed by atoms with Crippen molar-refractivity contribution in [3.8, 4) is 0 Å². The van der Waals surface area contributed by atoms with Gasteiger partial charge in [0.15, 0.2) is 0 Å². The number of hydrogen-bond donors (Lipinski definition) is 3. The van der Waals surface area contributed by atoms with Gasteiger partial charge in [0, 0.05) is 22.8 Å². The number of hydrogen-bond acceptors (Lipinski definition) is 4. The first-order valence-electron chi connectivity index (χ1n) is 5.80. The standard InChI is InChI=1S/C12H19NO3S/c1-2-3-9(14)7-13-8-11-5-4-10(17-11)6-12(15)16/h4-5,9,13-14H,2-3,6-8H2,1H3,(H,15,16). The van der Waals surface area contributed by atoms with Crippen molar-refractivity contribution in [2.75, 3.05) is 6.54 Å². The van der Waals surface area contributed by atoms with Gasteiger partial charge in [-0.3, -0.25) is 4.79 Å². The van der Waals surface area contributed by atoms with Gasteiger partial charge in [-0.2, -0.15) is 0 Å². The Morgan fingerprint density at radius 1 is 1.47 bits per heavy atom. The number of aliphatic hydroxyl groups excluding tert-OH is 1. The van der Waals surface area contributed by atoms with Gasteiger partial charge in [0.05, 0.1) is 12.5 Å². The molecule has 1 unspecified atom stereocenters. The molecule has 0 aliphatic carbocycles. The fraction of sp³-hybridized carbons (Fsp3) is 0.583. The molecule has 0 amide bonds. The molecular formula is C12H19NO3S. The molecule has 1 rings (SSSR count). The van der Waals surface area contributed by atoms with Gasteiger partial charge in [-0.1, -0.05) is 13.3 Å². The van der Waals surface area contributed by atoms with E-state index in [0.29, 0.717) is 13.1 Å². The van der Waals surface area contributed by atoms with E-state index in [1.54, 1.807) is 0 Å². The average Bonchev–Trinajstić information content (AvgIpc) is 2.65. The average molecular weight is 257 g/mol. The van der Waals surface area contributed by atoms with Gasteiger partial charge in [-0.25, -0.2) is 0 Å². The van der Waals surface area contributed by atoms with Crippen LogP contribution in [0.1, 0.15) is 29.5 Å². The first-order valence-corrected chi connectivity index (χ1v) is 6.61. The second-order valence-corrected chi connectivity index (χ2v) is 5.26. The van der Waals surface area contributed by atoms with E-state index in [1.807, 2.05) is 19.1 Å². The summed E-state index contributed by atoms with van der Waals surface area (Å²) in [5, 5.41) is 21.3. The molecule has 0 spiro atoms. The highest BCUT2D eigenvalue weighted by molar-refractivity contribution is 7.12. The van der Waals surface area contributed by atoms with E-state index in [-0.39, 0.29) is 12.5 Å². The Kier molecular flexibility index (Phi) is 6.18. The first-order chi connectivity index (χ1) is 8.11. The van der Waals surface area contributed by atoms with Crippen LogP contribution >= 0.6 is 11.3 Å². The van der Waals surface area contributed by atoms with Crippen molar-refractivity contribution in [1.82, 2.24) is 5.32 Å². The van der Waals surface area contributed by atoms with Crippen molar-refractivity contribution in [2.45, 2.75) is 38.8 Å². The Labute approximate surface area is 105 Å². The Morgan fingerprint density at radius 2 is 2.18 bits per heavy atom. The molecule has 96 valence electrons. The van der Waals surface area contributed by atoms with Crippen LogP contribution in [-0.2, 0) is 17.8 Å². The number of nitrogens with one attached hydrogen (secondary N) is 1. The Hall–Kier alpha value is -0.910. The van der Waals surface area contributed by atoms with E-state index in [4.69, 9.17) is 5.11 Å². The minimum absolute atomic E-state index is 0.0864. The number of aliphatic carboxylic acids is 1. The van der Waals surface area contributed by atoms with Gasteiger partial charge in [0.25, 0.3) is 0 Å². The lowest BCUT2D eigenvalue weighted by Crippen LogP contribution is -2.25. The molecule has 0 aliphatic rings. The maximum absolute atomic E-state index is 10.5. The zero-order valence-electron chi connectivity index (χ0n) is 9.98. The fourth-order valence-corrected chi connectivity index (χ4v) is 2.54. The van der Waals surface area contributed by atoms with Gasteiger partial charge in [0.1, 0.15) is 0 Å². The lowest BCUT2D eigenvalue weighted by Gasteiger charge is -2.09. The highest BCUT2D eigenvalue weighted by atomic mass is 32.1. The normalized spacial score (nSPS) is 12.6. The molecule has 1 aromatic heterocycles. The number of thiophene rings is 1. The number of carbonyl (C=O) groups is 1. The summed E-state index contributed by atoms with van der Waals surface area (Å²) in [5.74, 6) is -0.801. The van der Waals surface area contributed by atoms with Crippen LogP contribution in [0.3, 0.4) is 0 Å². The maximum Gasteiger partial charge on any atom is 0.308 e. The van der Waals surface area contributed by atoms with Crippen LogP contribution in [0, 0.1) is 0 Å². The molecule has 0 aliphatic heterocycles. The summed E-state index contributed by atoms with van der Waals surface area (Å²) in [7, 11) is 0. The quantitative estimate of drug-likeness (QED) is 0.662. The molecule has 3 N–H and O–H groups in total. The minimum Gasteiger partial charge on any atom is -0.481 e. The van der Waals surface area contributed by atoms with E-state index >= 15 is 0 Å². The molecule has 0 radical (unpaired) electrons. The molecule has 0 bridgehead atoms. The van der Waals surface area contributed by atoms with Crippen LogP contribution < -0.4 is 5.32 Å².